The lowest BCUT2D eigenvalue weighted by Gasteiger charge is -2.44. The number of rotatable bonds is 4. The number of carbonyl (C=O) groups excluding carboxylic acids is 1. The molecule has 2 N–H and O–H groups in total. The van der Waals surface area contributed by atoms with Gasteiger partial charge < -0.3 is 5.73 Å². The Morgan fingerprint density at radius 3 is 2.69 bits per heavy atom. The van der Waals surface area contributed by atoms with Crippen molar-refractivity contribution in [1.29, 1.82) is 0 Å². The maximum absolute atomic E-state index is 15.1. The minimum Gasteiger partial charge on any atom is -0.386 e. The molecule has 2 aromatic rings. The number of hydrogen-bond donors (Lipinski definition) is 1. The highest BCUT2D eigenvalue weighted by Crippen LogP contribution is 2.47. The van der Waals surface area contributed by atoms with Gasteiger partial charge in [0.15, 0.2) is 5.78 Å². The van der Waals surface area contributed by atoms with Gasteiger partial charge in [-0.15, -0.1) is 0 Å². The Kier molecular flexibility index (Phi) is 5.63. The van der Waals surface area contributed by atoms with E-state index >= 15 is 4.39 Å². The van der Waals surface area contributed by atoms with Crippen molar-refractivity contribution >= 4 is 44.5 Å². The number of pyridine rings is 1. The van der Waals surface area contributed by atoms with Crippen molar-refractivity contribution in [2.45, 2.75) is 49.1 Å². The van der Waals surface area contributed by atoms with Crippen LogP contribution >= 0.6 is 23.2 Å². The minimum absolute atomic E-state index is 0.0488. The smallest absolute Gasteiger partial charge is 0.187 e. The number of nitrogens with zero attached hydrogens (tertiary/aromatic N) is 3. The fourth-order valence-electron chi connectivity index (χ4n) is 4.46. The Balaban J connectivity index is 1.76. The van der Waals surface area contributed by atoms with Crippen LogP contribution in [0.15, 0.2) is 39.8 Å². The van der Waals surface area contributed by atoms with Gasteiger partial charge in [-0.3, -0.25) is 9.79 Å². The Morgan fingerprint density at radius 1 is 1.28 bits per heavy atom. The minimum atomic E-state index is -2.79. The molecule has 3 atom stereocenters. The molecule has 2 aliphatic heterocycles. The number of ketones is 1. The van der Waals surface area contributed by atoms with E-state index in [9.17, 15) is 9.00 Å². The molecule has 1 aromatic carbocycles. The molecule has 0 bridgehead atoms. The molecule has 3 heterocycles. The number of carbonyl (C=O) groups is 1. The standard InChI is InChI=1S/C22H23Cl2FN4O2S/c1-21(2)20(26)29-22(3,18-6-7-28-32(18,21)31)14-8-12(4-5-16(14)25)9-17(30)19-15(24)10-13(23)11-27-19/h4-5,8,10-11,18H,6-7,9H2,1-3H3,(H2,26,29)/t18-,22+,32+/m0/s1. The van der Waals surface area contributed by atoms with E-state index in [1.807, 2.05) is 0 Å². The highest BCUT2D eigenvalue weighted by atomic mass is 35.5. The van der Waals surface area contributed by atoms with Crippen molar-refractivity contribution in [3.8, 4) is 0 Å². The summed E-state index contributed by atoms with van der Waals surface area (Å²) in [5, 5.41) is -0.0223. The average molecular weight is 497 g/mol. The lowest BCUT2D eigenvalue weighted by molar-refractivity contribution is 0.0988. The molecule has 0 unspecified atom stereocenters. The lowest BCUT2D eigenvalue weighted by Crippen LogP contribution is -2.58. The zero-order chi connectivity index (χ0) is 23.5. The summed E-state index contributed by atoms with van der Waals surface area (Å²) in [5.74, 6) is -0.650. The molecule has 0 aliphatic carbocycles. The summed E-state index contributed by atoms with van der Waals surface area (Å²) in [7, 11) is -2.79. The van der Waals surface area contributed by atoms with Crippen LogP contribution in [0.1, 0.15) is 48.8 Å². The van der Waals surface area contributed by atoms with Gasteiger partial charge in [0.1, 0.15) is 27.6 Å². The van der Waals surface area contributed by atoms with Crippen LogP contribution in [0.4, 0.5) is 4.39 Å². The highest BCUT2D eigenvalue weighted by molar-refractivity contribution is 7.96. The SMILES string of the molecule is CC1(C)C(N)=N[C@](C)(c2cc(CC(=O)c3ncc(Cl)cc3Cl)ccc2F)[C@@H]2CCN=[S@@]21=O. The summed E-state index contributed by atoms with van der Waals surface area (Å²) in [6.07, 6.45) is 1.81. The van der Waals surface area contributed by atoms with E-state index in [1.54, 1.807) is 26.8 Å². The van der Waals surface area contributed by atoms with Gasteiger partial charge in [-0.2, -0.15) is 0 Å². The quantitative estimate of drug-likeness (QED) is 0.627. The van der Waals surface area contributed by atoms with Gasteiger partial charge in [-0.1, -0.05) is 29.3 Å². The predicted octanol–water partition coefficient (Wildman–Crippen LogP) is 4.56. The predicted molar refractivity (Wildman–Crippen MR) is 126 cm³/mol. The fourth-order valence-corrected chi connectivity index (χ4v) is 8.11. The Hall–Kier alpha value is -2.03. The number of halogens is 3. The second kappa shape index (κ2) is 7.78. The molecule has 0 saturated carbocycles. The molecular formula is C22H23Cl2FN4O2S. The van der Waals surface area contributed by atoms with Crippen molar-refractivity contribution in [2.24, 2.45) is 15.1 Å². The summed E-state index contributed by atoms with van der Waals surface area (Å²) >= 11 is 12.0. The molecule has 10 heteroatoms. The van der Waals surface area contributed by atoms with E-state index in [1.165, 1.54) is 24.4 Å². The molecule has 4 rings (SSSR count). The Morgan fingerprint density at radius 2 is 2.00 bits per heavy atom. The van der Waals surface area contributed by atoms with E-state index in [0.29, 0.717) is 23.6 Å². The van der Waals surface area contributed by atoms with Gasteiger partial charge in [-0.05, 0) is 51.0 Å². The molecule has 2 aliphatic rings. The summed E-state index contributed by atoms with van der Waals surface area (Å²) in [4.78, 5) is 21.5. The number of amidine groups is 1. The van der Waals surface area contributed by atoms with Crippen molar-refractivity contribution in [2.75, 3.05) is 6.54 Å². The Labute approximate surface area is 196 Å². The van der Waals surface area contributed by atoms with Gasteiger partial charge in [0.2, 0.25) is 0 Å². The number of aromatic nitrogens is 1. The van der Waals surface area contributed by atoms with E-state index < -0.39 is 31.1 Å². The third-order valence-corrected chi connectivity index (χ3v) is 10.6. The summed E-state index contributed by atoms with van der Waals surface area (Å²) in [5.41, 5.74) is 5.96. The van der Waals surface area contributed by atoms with E-state index in [-0.39, 0.29) is 34.3 Å². The molecule has 0 fully saturated rings. The summed E-state index contributed by atoms with van der Waals surface area (Å²) in [6, 6.07) is 5.85. The molecule has 0 saturated heterocycles. The molecule has 0 amide bonds. The molecular weight excluding hydrogens is 474 g/mol. The number of aliphatic imine (C=N–C) groups is 1. The first-order chi connectivity index (χ1) is 14.9. The van der Waals surface area contributed by atoms with Crippen molar-refractivity contribution in [1.82, 2.24) is 4.98 Å². The molecule has 6 nitrogen and oxygen atoms in total. The molecule has 0 radical (unpaired) electrons. The first kappa shape index (κ1) is 23.1. The van der Waals surface area contributed by atoms with Crippen LogP contribution in [0.3, 0.4) is 0 Å². The van der Waals surface area contributed by atoms with Crippen LogP contribution in [-0.2, 0) is 21.7 Å². The molecule has 170 valence electrons. The number of Topliss-reactive ketones (excluding diaryl/α,β-unsaturated/α-hetero) is 1. The van der Waals surface area contributed by atoms with Crippen LogP contribution < -0.4 is 5.73 Å². The lowest BCUT2D eigenvalue weighted by atomic mass is 9.84. The fraction of sp³-hybridized carbons (Fsp3) is 0.409. The van der Waals surface area contributed by atoms with E-state index in [4.69, 9.17) is 28.9 Å². The monoisotopic (exact) mass is 496 g/mol. The summed E-state index contributed by atoms with van der Waals surface area (Å²) in [6.45, 7) is 5.68. The number of hydrogen-bond acceptors (Lipinski definition) is 6. The normalized spacial score (nSPS) is 28.6. The van der Waals surface area contributed by atoms with Crippen LogP contribution in [0.5, 0.6) is 0 Å². The first-order valence-corrected chi connectivity index (χ1v) is 12.4. The van der Waals surface area contributed by atoms with Crippen molar-refractivity contribution < 1.29 is 13.4 Å². The molecule has 0 spiro atoms. The van der Waals surface area contributed by atoms with Gasteiger partial charge in [0.25, 0.3) is 0 Å². The molecule has 1 aromatic heterocycles. The zero-order valence-corrected chi connectivity index (χ0v) is 20.2. The Bertz CT molecular complexity index is 1290. The second-order valence-corrected chi connectivity index (χ2v) is 12.6. The maximum atomic E-state index is 15.1. The average Bonchev–Trinajstić information content (AvgIpc) is 3.13. The van der Waals surface area contributed by atoms with E-state index in [2.05, 4.69) is 14.3 Å². The first-order valence-electron chi connectivity index (χ1n) is 10.1. The van der Waals surface area contributed by atoms with Gasteiger partial charge in [0.05, 0.1) is 25.0 Å². The number of fused-ring (bicyclic) bond motifs is 1. The zero-order valence-electron chi connectivity index (χ0n) is 17.9. The van der Waals surface area contributed by atoms with Crippen LogP contribution in [-0.4, -0.2) is 37.4 Å². The molecule has 32 heavy (non-hydrogen) atoms. The summed E-state index contributed by atoms with van der Waals surface area (Å²) < 4.78 is 32.5. The largest absolute Gasteiger partial charge is 0.386 e. The van der Waals surface area contributed by atoms with Crippen LogP contribution in [0.2, 0.25) is 10.0 Å². The van der Waals surface area contributed by atoms with Gasteiger partial charge >= 0.3 is 0 Å². The van der Waals surface area contributed by atoms with Crippen molar-refractivity contribution in [3.05, 3.63) is 63.1 Å². The van der Waals surface area contributed by atoms with Crippen molar-refractivity contribution in [3.63, 3.8) is 0 Å². The highest BCUT2D eigenvalue weighted by Gasteiger charge is 2.56. The van der Waals surface area contributed by atoms with E-state index in [0.717, 1.165) is 0 Å². The number of benzene rings is 1. The maximum Gasteiger partial charge on any atom is 0.187 e. The topological polar surface area (TPSA) is 97.8 Å². The third kappa shape index (κ3) is 3.43. The van der Waals surface area contributed by atoms with Gasteiger partial charge in [0, 0.05) is 24.7 Å². The van der Waals surface area contributed by atoms with Crippen LogP contribution in [0, 0.1) is 5.82 Å². The third-order valence-electron chi connectivity index (χ3n) is 6.40. The number of nitrogens with two attached hydrogens (primary N) is 1. The second-order valence-electron chi connectivity index (χ2n) is 8.75. The van der Waals surface area contributed by atoms with Gasteiger partial charge in [-0.25, -0.2) is 17.9 Å². The van der Waals surface area contributed by atoms with Crippen LogP contribution in [0.25, 0.3) is 0 Å².